The lowest BCUT2D eigenvalue weighted by atomic mass is 10.0. The van der Waals surface area contributed by atoms with Crippen LogP contribution in [-0.4, -0.2) is 11.1 Å². The van der Waals surface area contributed by atoms with Crippen LogP contribution in [0.15, 0.2) is 51.7 Å². The van der Waals surface area contributed by atoms with Crippen LogP contribution < -0.4 is 5.43 Å². The fourth-order valence-electron chi connectivity index (χ4n) is 2.33. The summed E-state index contributed by atoms with van der Waals surface area (Å²) in [5.41, 5.74) is 0.200. The van der Waals surface area contributed by atoms with Gasteiger partial charge in [-0.1, -0.05) is 18.2 Å². The average molecular weight is 298 g/mol. The maximum atomic E-state index is 13.4. The summed E-state index contributed by atoms with van der Waals surface area (Å²) in [4.78, 5) is 23.9. The van der Waals surface area contributed by atoms with E-state index in [0.717, 1.165) is 11.6 Å². The van der Waals surface area contributed by atoms with E-state index in [9.17, 15) is 19.1 Å². The number of rotatable bonds is 2. The smallest absolute Gasteiger partial charge is 0.343 e. The van der Waals surface area contributed by atoms with Crippen molar-refractivity contribution in [3.8, 4) is 11.3 Å². The molecule has 0 spiro atoms. The van der Waals surface area contributed by atoms with Gasteiger partial charge in [-0.05, 0) is 36.8 Å². The summed E-state index contributed by atoms with van der Waals surface area (Å²) in [5, 5.41) is 9.52. The van der Waals surface area contributed by atoms with E-state index in [0.29, 0.717) is 0 Å². The molecule has 0 aliphatic rings. The van der Waals surface area contributed by atoms with Crippen LogP contribution in [0.25, 0.3) is 22.3 Å². The summed E-state index contributed by atoms with van der Waals surface area (Å²) < 4.78 is 19.0. The van der Waals surface area contributed by atoms with Crippen LogP contribution >= 0.6 is 0 Å². The summed E-state index contributed by atoms with van der Waals surface area (Å²) in [5.74, 6) is -2.09. The maximum Gasteiger partial charge on any atom is 0.343 e. The lowest BCUT2D eigenvalue weighted by Gasteiger charge is -2.08. The SMILES string of the molecule is Cc1ccc2c(=O)c(C(=O)O)c(-c3cccc(F)c3)oc2c1. The van der Waals surface area contributed by atoms with Gasteiger partial charge in [-0.15, -0.1) is 0 Å². The van der Waals surface area contributed by atoms with E-state index in [-0.39, 0.29) is 22.3 Å². The van der Waals surface area contributed by atoms with Gasteiger partial charge in [0, 0.05) is 5.56 Å². The van der Waals surface area contributed by atoms with Crippen molar-refractivity contribution in [3.05, 3.63) is 69.6 Å². The van der Waals surface area contributed by atoms with E-state index in [1.54, 1.807) is 12.1 Å². The number of carbonyl (C=O) groups is 1. The van der Waals surface area contributed by atoms with Crippen molar-refractivity contribution in [1.82, 2.24) is 0 Å². The molecule has 22 heavy (non-hydrogen) atoms. The van der Waals surface area contributed by atoms with Crippen molar-refractivity contribution < 1.29 is 18.7 Å². The normalized spacial score (nSPS) is 10.8. The summed E-state index contributed by atoms with van der Waals surface area (Å²) >= 11 is 0. The fourth-order valence-corrected chi connectivity index (χ4v) is 2.33. The standard InChI is InChI=1S/C17H11FO4/c1-9-5-6-12-13(7-9)22-16(14(15(12)19)17(20)21)10-3-2-4-11(18)8-10/h2-8H,1H3,(H,20,21). The van der Waals surface area contributed by atoms with E-state index >= 15 is 0 Å². The fraction of sp³-hybridized carbons (Fsp3) is 0.0588. The van der Waals surface area contributed by atoms with Crippen molar-refractivity contribution in [3.63, 3.8) is 0 Å². The number of halogens is 1. The Kier molecular flexibility index (Phi) is 3.25. The van der Waals surface area contributed by atoms with Crippen LogP contribution in [0.3, 0.4) is 0 Å². The Balaban J connectivity index is 2.44. The van der Waals surface area contributed by atoms with E-state index < -0.39 is 22.8 Å². The molecule has 2 aromatic carbocycles. The Morgan fingerprint density at radius 1 is 1.18 bits per heavy atom. The summed E-state index contributed by atoms with van der Waals surface area (Å²) in [7, 11) is 0. The van der Waals surface area contributed by atoms with Gasteiger partial charge in [0.25, 0.3) is 0 Å². The molecular formula is C17H11FO4. The summed E-state index contributed by atoms with van der Waals surface area (Å²) in [6.07, 6.45) is 0. The molecule has 0 atom stereocenters. The summed E-state index contributed by atoms with van der Waals surface area (Å²) in [6, 6.07) is 10.2. The second-order valence-corrected chi connectivity index (χ2v) is 4.95. The van der Waals surface area contributed by atoms with Gasteiger partial charge in [-0.25, -0.2) is 9.18 Å². The Morgan fingerprint density at radius 2 is 1.95 bits per heavy atom. The number of hydrogen-bond acceptors (Lipinski definition) is 3. The molecule has 0 aliphatic heterocycles. The molecule has 0 bridgehead atoms. The zero-order valence-electron chi connectivity index (χ0n) is 11.6. The number of fused-ring (bicyclic) bond motifs is 1. The number of hydrogen-bond donors (Lipinski definition) is 1. The van der Waals surface area contributed by atoms with Crippen molar-refractivity contribution in [1.29, 1.82) is 0 Å². The third kappa shape index (κ3) is 2.26. The molecule has 0 saturated carbocycles. The molecule has 0 unspecified atom stereocenters. The molecule has 5 heteroatoms. The molecule has 0 amide bonds. The van der Waals surface area contributed by atoms with Crippen LogP contribution in [0.5, 0.6) is 0 Å². The van der Waals surface area contributed by atoms with Crippen LogP contribution in [0.4, 0.5) is 4.39 Å². The zero-order valence-corrected chi connectivity index (χ0v) is 11.6. The lowest BCUT2D eigenvalue weighted by molar-refractivity contribution is 0.0694. The molecule has 4 nitrogen and oxygen atoms in total. The highest BCUT2D eigenvalue weighted by atomic mass is 19.1. The van der Waals surface area contributed by atoms with Crippen LogP contribution in [0.1, 0.15) is 15.9 Å². The second-order valence-electron chi connectivity index (χ2n) is 4.95. The monoisotopic (exact) mass is 298 g/mol. The molecule has 1 aromatic heterocycles. The molecule has 0 aliphatic carbocycles. The number of aryl methyl sites for hydroxylation is 1. The van der Waals surface area contributed by atoms with Gasteiger partial charge in [0.1, 0.15) is 11.4 Å². The molecule has 0 radical (unpaired) electrons. The highest BCUT2D eigenvalue weighted by molar-refractivity contribution is 5.98. The predicted molar refractivity (Wildman–Crippen MR) is 79.6 cm³/mol. The quantitative estimate of drug-likeness (QED) is 0.785. The molecule has 1 N–H and O–H groups in total. The van der Waals surface area contributed by atoms with Crippen LogP contribution in [0, 0.1) is 12.7 Å². The molecule has 3 rings (SSSR count). The van der Waals surface area contributed by atoms with Gasteiger partial charge in [0.2, 0.25) is 5.43 Å². The van der Waals surface area contributed by atoms with Gasteiger partial charge < -0.3 is 9.52 Å². The highest BCUT2D eigenvalue weighted by Gasteiger charge is 2.22. The second kappa shape index (κ2) is 5.11. The Morgan fingerprint density at radius 3 is 2.64 bits per heavy atom. The van der Waals surface area contributed by atoms with Crippen LogP contribution in [-0.2, 0) is 0 Å². The molecular weight excluding hydrogens is 287 g/mol. The highest BCUT2D eigenvalue weighted by Crippen LogP contribution is 2.27. The Labute approximate surface area is 124 Å². The van der Waals surface area contributed by atoms with Crippen molar-refractivity contribution in [2.45, 2.75) is 6.92 Å². The zero-order chi connectivity index (χ0) is 15.9. The van der Waals surface area contributed by atoms with Gasteiger partial charge in [0.05, 0.1) is 5.39 Å². The first-order valence-corrected chi connectivity index (χ1v) is 6.54. The first-order valence-electron chi connectivity index (χ1n) is 6.54. The van der Waals surface area contributed by atoms with E-state index in [2.05, 4.69) is 0 Å². The van der Waals surface area contributed by atoms with E-state index in [1.807, 2.05) is 6.92 Å². The first kappa shape index (κ1) is 14.0. The number of benzene rings is 2. The van der Waals surface area contributed by atoms with E-state index in [4.69, 9.17) is 4.42 Å². The van der Waals surface area contributed by atoms with Gasteiger partial charge in [-0.3, -0.25) is 4.79 Å². The minimum absolute atomic E-state index is 0.143. The Hall–Kier alpha value is -2.95. The minimum atomic E-state index is -1.41. The first-order chi connectivity index (χ1) is 10.5. The molecule has 0 fully saturated rings. The number of aromatic carboxylic acids is 1. The third-order valence-corrected chi connectivity index (χ3v) is 3.35. The molecule has 110 valence electrons. The van der Waals surface area contributed by atoms with Crippen molar-refractivity contribution >= 4 is 16.9 Å². The lowest BCUT2D eigenvalue weighted by Crippen LogP contribution is -2.16. The van der Waals surface area contributed by atoms with Crippen LogP contribution in [0.2, 0.25) is 0 Å². The average Bonchev–Trinajstić information content (AvgIpc) is 2.46. The van der Waals surface area contributed by atoms with Gasteiger partial charge in [-0.2, -0.15) is 0 Å². The number of carboxylic acid groups (broad SMARTS) is 1. The Bertz CT molecular complexity index is 957. The molecule has 3 aromatic rings. The summed E-state index contributed by atoms with van der Waals surface area (Å²) in [6.45, 7) is 1.83. The molecule has 1 heterocycles. The minimum Gasteiger partial charge on any atom is -0.477 e. The predicted octanol–water partition coefficient (Wildman–Crippen LogP) is 3.61. The van der Waals surface area contributed by atoms with E-state index in [1.165, 1.54) is 24.3 Å². The topological polar surface area (TPSA) is 67.5 Å². The van der Waals surface area contributed by atoms with Crippen molar-refractivity contribution in [2.24, 2.45) is 0 Å². The van der Waals surface area contributed by atoms with Crippen molar-refractivity contribution in [2.75, 3.05) is 0 Å². The van der Waals surface area contributed by atoms with Gasteiger partial charge >= 0.3 is 5.97 Å². The molecule has 0 saturated heterocycles. The third-order valence-electron chi connectivity index (χ3n) is 3.35. The van der Waals surface area contributed by atoms with Gasteiger partial charge in [0.15, 0.2) is 11.3 Å². The largest absolute Gasteiger partial charge is 0.477 e. The number of carboxylic acids is 1. The maximum absolute atomic E-state index is 13.4.